The number of carbonyl (C=O) groups excluding carboxylic acids is 1. The van der Waals surface area contributed by atoms with E-state index in [1.807, 2.05) is 25.1 Å². The van der Waals surface area contributed by atoms with Gasteiger partial charge in [0.1, 0.15) is 4.60 Å². The Morgan fingerprint density at radius 2 is 2.11 bits per heavy atom. The molecule has 0 aliphatic carbocycles. The van der Waals surface area contributed by atoms with Gasteiger partial charge in [-0.3, -0.25) is 9.78 Å². The van der Waals surface area contributed by atoms with Gasteiger partial charge in [-0.05, 0) is 59.3 Å². The maximum Gasteiger partial charge on any atom is 0.188 e. The number of carbonyl (C=O) groups is 1. The summed E-state index contributed by atoms with van der Waals surface area (Å²) in [5, 5.41) is 0. The van der Waals surface area contributed by atoms with Gasteiger partial charge in [0.25, 0.3) is 0 Å². The van der Waals surface area contributed by atoms with Crippen molar-refractivity contribution in [3.63, 3.8) is 0 Å². The highest BCUT2D eigenvalue weighted by atomic mass is 79.9. The number of pyridine rings is 2. The summed E-state index contributed by atoms with van der Waals surface area (Å²) in [6.07, 6.45) is 4.84. The van der Waals surface area contributed by atoms with Gasteiger partial charge < -0.3 is 0 Å². The summed E-state index contributed by atoms with van der Waals surface area (Å²) >= 11 is 3.25. The molecule has 0 spiro atoms. The van der Waals surface area contributed by atoms with E-state index in [9.17, 15) is 4.79 Å². The van der Waals surface area contributed by atoms with Crippen LogP contribution < -0.4 is 0 Å². The van der Waals surface area contributed by atoms with E-state index >= 15 is 0 Å². The number of aromatic nitrogens is 2. The van der Waals surface area contributed by atoms with E-state index in [0.29, 0.717) is 10.2 Å². The summed E-state index contributed by atoms with van der Waals surface area (Å²) in [4.78, 5) is 20.2. The topological polar surface area (TPSA) is 42.9 Å². The molecule has 3 nitrogen and oxygen atoms in total. The second-order valence-corrected chi connectivity index (χ2v) is 4.49. The molecule has 2 rings (SSSR count). The first-order valence-electron chi connectivity index (χ1n) is 5.43. The minimum Gasteiger partial charge on any atom is -0.289 e. The molecular formula is C14H11BrN2O. The Morgan fingerprint density at radius 3 is 2.83 bits per heavy atom. The molecule has 0 N–H and O–H groups in total. The predicted octanol–water partition coefficient (Wildman–Crippen LogP) is 3.44. The van der Waals surface area contributed by atoms with Gasteiger partial charge >= 0.3 is 0 Å². The van der Waals surface area contributed by atoms with Crippen LogP contribution in [0.5, 0.6) is 0 Å². The van der Waals surface area contributed by atoms with Gasteiger partial charge in [-0.15, -0.1) is 0 Å². The number of aryl methyl sites for hydroxylation is 1. The fourth-order valence-corrected chi connectivity index (χ4v) is 1.92. The zero-order valence-electron chi connectivity index (χ0n) is 9.80. The number of ketones is 1. The summed E-state index contributed by atoms with van der Waals surface area (Å²) in [5.74, 6) is -0.0988. The molecule has 0 aliphatic rings. The van der Waals surface area contributed by atoms with Crippen LogP contribution in [0.3, 0.4) is 0 Å². The van der Waals surface area contributed by atoms with Gasteiger partial charge in [-0.2, -0.15) is 0 Å². The number of hydrogen-bond donors (Lipinski definition) is 0. The van der Waals surface area contributed by atoms with Crippen molar-refractivity contribution in [2.45, 2.75) is 6.92 Å². The van der Waals surface area contributed by atoms with Crippen LogP contribution in [0.1, 0.15) is 21.7 Å². The molecule has 0 bridgehead atoms. The Bertz CT molecular complexity index is 608. The standard InChI is InChI=1S/C14H11BrN2O/c1-10-4-2-5-11(17-10)7-8-13(18)12-6-3-9-16-14(12)15/h2-9H,1H3/b8-7+. The second kappa shape index (κ2) is 5.69. The van der Waals surface area contributed by atoms with Crippen molar-refractivity contribution in [2.75, 3.05) is 0 Å². The highest BCUT2D eigenvalue weighted by Crippen LogP contribution is 2.14. The molecule has 0 aliphatic heterocycles. The van der Waals surface area contributed by atoms with Crippen molar-refractivity contribution in [1.29, 1.82) is 0 Å². The van der Waals surface area contributed by atoms with E-state index in [1.165, 1.54) is 6.08 Å². The van der Waals surface area contributed by atoms with E-state index in [2.05, 4.69) is 25.9 Å². The third-order valence-electron chi connectivity index (χ3n) is 2.34. The highest BCUT2D eigenvalue weighted by Gasteiger charge is 2.06. The first kappa shape index (κ1) is 12.6. The lowest BCUT2D eigenvalue weighted by molar-refractivity contribution is 0.104. The third-order valence-corrected chi connectivity index (χ3v) is 2.97. The average molecular weight is 303 g/mol. The average Bonchev–Trinajstić information content (AvgIpc) is 2.37. The van der Waals surface area contributed by atoms with Gasteiger partial charge in [-0.25, -0.2) is 4.98 Å². The van der Waals surface area contributed by atoms with Crippen LogP contribution in [-0.2, 0) is 0 Å². The minimum absolute atomic E-state index is 0.0988. The van der Waals surface area contributed by atoms with Crippen LogP contribution in [-0.4, -0.2) is 15.8 Å². The van der Waals surface area contributed by atoms with Crippen LogP contribution in [0.25, 0.3) is 6.08 Å². The predicted molar refractivity (Wildman–Crippen MR) is 74.3 cm³/mol. The number of halogens is 1. The summed E-state index contributed by atoms with van der Waals surface area (Å²) in [7, 11) is 0. The van der Waals surface area contributed by atoms with Gasteiger partial charge in [-0.1, -0.05) is 6.07 Å². The lowest BCUT2D eigenvalue weighted by atomic mass is 10.1. The molecule has 18 heavy (non-hydrogen) atoms. The molecule has 0 amide bonds. The minimum atomic E-state index is -0.0988. The first-order chi connectivity index (χ1) is 8.66. The van der Waals surface area contributed by atoms with Crippen molar-refractivity contribution in [2.24, 2.45) is 0 Å². The van der Waals surface area contributed by atoms with Crippen LogP contribution in [0.15, 0.2) is 47.2 Å². The largest absolute Gasteiger partial charge is 0.289 e. The lowest BCUT2D eigenvalue weighted by Gasteiger charge is -1.98. The molecule has 0 unspecified atom stereocenters. The molecule has 0 fully saturated rings. The molecule has 90 valence electrons. The van der Waals surface area contributed by atoms with Gasteiger partial charge in [0.15, 0.2) is 5.78 Å². The van der Waals surface area contributed by atoms with E-state index < -0.39 is 0 Å². The quantitative estimate of drug-likeness (QED) is 0.495. The SMILES string of the molecule is Cc1cccc(/C=C/C(=O)c2cccnc2Br)n1. The van der Waals surface area contributed by atoms with Crippen molar-refractivity contribution in [3.8, 4) is 0 Å². The van der Waals surface area contributed by atoms with Crippen LogP contribution in [0, 0.1) is 6.92 Å². The van der Waals surface area contributed by atoms with Gasteiger partial charge in [0.05, 0.1) is 11.3 Å². The van der Waals surface area contributed by atoms with Gasteiger partial charge in [0, 0.05) is 11.9 Å². The Balaban J connectivity index is 2.20. The smallest absolute Gasteiger partial charge is 0.188 e. The van der Waals surface area contributed by atoms with Crippen LogP contribution in [0.4, 0.5) is 0 Å². The van der Waals surface area contributed by atoms with E-state index in [1.54, 1.807) is 24.4 Å². The number of rotatable bonds is 3. The number of nitrogens with zero attached hydrogens (tertiary/aromatic N) is 2. The Kier molecular flexibility index (Phi) is 3.99. The fraction of sp³-hybridized carbons (Fsp3) is 0.0714. The summed E-state index contributed by atoms with van der Waals surface area (Å²) in [6, 6.07) is 9.14. The Morgan fingerprint density at radius 1 is 1.28 bits per heavy atom. The maximum absolute atomic E-state index is 11.9. The monoisotopic (exact) mass is 302 g/mol. The van der Waals surface area contributed by atoms with Crippen LogP contribution >= 0.6 is 15.9 Å². The number of allylic oxidation sites excluding steroid dienone is 1. The van der Waals surface area contributed by atoms with E-state index in [4.69, 9.17) is 0 Å². The number of hydrogen-bond acceptors (Lipinski definition) is 3. The molecule has 0 atom stereocenters. The molecular weight excluding hydrogens is 292 g/mol. The van der Waals surface area contributed by atoms with E-state index in [-0.39, 0.29) is 5.78 Å². The lowest BCUT2D eigenvalue weighted by Crippen LogP contribution is -1.97. The Labute approximate surface area is 114 Å². The van der Waals surface area contributed by atoms with Crippen molar-refractivity contribution in [3.05, 3.63) is 64.2 Å². The molecule has 0 saturated heterocycles. The molecule has 0 aromatic carbocycles. The second-order valence-electron chi connectivity index (χ2n) is 3.74. The Hall–Kier alpha value is -1.81. The molecule has 2 aromatic heterocycles. The zero-order valence-corrected chi connectivity index (χ0v) is 11.4. The van der Waals surface area contributed by atoms with Crippen molar-refractivity contribution >= 4 is 27.8 Å². The zero-order chi connectivity index (χ0) is 13.0. The summed E-state index contributed by atoms with van der Waals surface area (Å²) < 4.78 is 0.553. The highest BCUT2D eigenvalue weighted by molar-refractivity contribution is 9.10. The molecule has 2 aromatic rings. The molecule has 0 saturated carbocycles. The maximum atomic E-state index is 11.9. The third kappa shape index (κ3) is 3.11. The van der Waals surface area contributed by atoms with Crippen LogP contribution in [0.2, 0.25) is 0 Å². The summed E-state index contributed by atoms with van der Waals surface area (Å²) in [6.45, 7) is 1.91. The molecule has 2 heterocycles. The fourth-order valence-electron chi connectivity index (χ4n) is 1.48. The van der Waals surface area contributed by atoms with Crippen molar-refractivity contribution in [1.82, 2.24) is 9.97 Å². The normalized spacial score (nSPS) is 10.8. The first-order valence-corrected chi connectivity index (χ1v) is 6.23. The molecule has 4 heteroatoms. The molecule has 0 radical (unpaired) electrons. The van der Waals surface area contributed by atoms with E-state index in [0.717, 1.165) is 11.4 Å². The summed E-state index contributed by atoms with van der Waals surface area (Å²) in [5.41, 5.74) is 2.23. The van der Waals surface area contributed by atoms with Gasteiger partial charge in [0.2, 0.25) is 0 Å². The van der Waals surface area contributed by atoms with Crippen molar-refractivity contribution < 1.29 is 4.79 Å².